The van der Waals surface area contributed by atoms with Gasteiger partial charge in [0, 0.05) is 22.6 Å². The molecule has 1 heterocycles. The number of anilines is 2. The number of amides is 1. The second-order valence-corrected chi connectivity index (χ2v) is 8.93. The van der Waals surface area contributed by atoms with Crippen LogP contribution in [0.5, 0.6) is 5.75 Å². The summed E-state index contributed by atoms with van der Waals surface area (Å²) in [5, 5.41) is 2.74. The van der Waals surface area contributed by atoms with E-state index in [1.165, 1.54) is 24.3 Å². The van der Waals surface area contributed by atoms with Gasteiger partial charge in [0.15, 0.2) is 0 Å². The third-order valence-electron chi connectivity index (χ3n) is 4.12. The van der Waals surface area contributed by atoms with E-state index in [0.29, 0.717) is 28.4 Å². The first-order valence-electron chi connectivity index (χ1n) is 9.65. The highest BCUT2D eigenvalue weighted by Crippen LogP contribution is 2.19. The van der Waals surface area contributed by atoms with Crippen molar-refractivity contribution < 1.29 is 17.9 Å². The Labute approximate surface area is 181 Å². The number of benzene rings is 2. The Bertz CT molecular complexity index is 1150. The molecule has 3 rings (SSSR count). The summed E-state index contributed by atoms with van der Waals surface area (Å²) in [6.45, 7) is 7.37. The van der Waals surface area contributed by atoms with Crippen LogP contribution in [0.3, 0.4) is 0 Å². The van der Waals surface area contributed by atoms with E-state index in [1.807, 2.05) is 13.8 Å². The number of aryl methyl sites for hydroxylation is 2. The quantitative estimate of drug-likeness (QED) is 0.576. The molecule has 9 heteroatoms. The number of ether oxygens (including phenoxy) is 1. The van der Waals surface area contributed by atoms with Crippen LogP contribution in [-0.2, 0) is 10.0 Å². The van der Waals surface area contributed by atoms with E-state index < -0.39 is 10.0 Å². The average molecular weight is 441 g/mol. The topological polar surface area (TPSA) is 110 Å². The Balaban J connectivity index is 1.68. The van der Waals surface area contributed by atoms with Crippen LogP contribution in [-0.4, -0.2) is 30.4 Å². The Morgan fingerprint density at radius 1 is 0.935 bits per heavy atom. The zero-order valence-electron chi connectivity index (χ0n) is 17.7. The van der Waals surface area contributed by atoms with Crippen LogP contribution in [0.2, 0.25) is 0 Å². The highest BCUT2D eigenvalue weighted by molar-refractivity contribution is 7.92. The van der Waals surface area contributed by atoms with Crippen molar-refractivity contribution in [1.29, 1.82) is 0 Å². The number of sulfonamides is 1. The molecule has 31 heavy (non-hydrogen) atoms. The fourth-order valence-corrected chi connectivity index (χ4v) is 3.77. The smallest absolute Gasteiger partial charge is 0.264 e. The lowest BCUT2D eigenvalue weighted by atomic mass is 10.2. The normalized spacial score (nSPS) is 11.3. The SMILES string of the molecule is Cc1cc(C)nc(NS(=O)(=O)c2ccc(NC(=O)c3ccc(OC(C)C)cc3)cc2)n1. The fraction of sp³-hybridized carbons (Fsp3) is 0.227. The number of carbonyl (C=O) groups is 1. The largest absolute Gasteiger partial charge is 0.491 e. The lowest BCUT2D eigenvalue weighted by Gasteiger charge is -2.11. The Hall–Kier alpha value is -3.46. The number of carbonyl (C=O) groups excluding carboxylic acids is 1. The average Bonchev–Trinajstić information content (AvgIpc) is 2.67. The van der Waals surface area contributed by atoms with Gasteiger partial charge in [-0.15, -0.1) is 0 Å². The predicted octanol–water partition coefficient (Wildman–Crippen LogP) is 3.93. The molecule has 2 aromatic carbocycles. The van der Waals surface area contributed by atoms with Gasteiger partial charge < -0.3 is 10.1 Å². The molecule has 0 aliphatic rings. The van der Waals surface area contributed by atoms with Crippen molar-refractivity contribution in [3.63, 3.8) is 0 Å². The zero-order valence-corrected chi connectivity index (χ0v) is 18.5. The van der Waals surface area contributed by atoms with Gasteiger partial charge in [-0.25, -0.2) is 23.1 Å². The molecule has 2 N–H and O–H groups in total. The number of nitrogens with one attached hydrogen (secondary N) is 2. The van der Waals surface area contributed by atoms with Gasteiger partial charge >= 0.3 is 0 Å². The molecular weight excluding hydrogens is 416 g/mol. The van der Waals surface area contributed by atoms with Crippen molar-refractivity contribution in [3.8, 4) is 5.75 Å². The van der Waals surface area contributed by atoms with Gasteiger partial charge in [0.25, 0.3) is 15.9 Å². The van der Waals surface area contributed by atoms with E-state index >= 15 is 0 Å². The van der Waals surface area contributed by atoms with E-state index in [1.54, 1.807) is 44.2 Å². The first-order chi connectivity index (χ1) is 14.6. The zero-order chi connectivity index (χ0) is 22.6. The summed E-state index contributed by atoms with van der Waals surface area (Å²) in [6.07, 6.45) is 0.0467. The second kappa shape index (κ2) is 9.13. The second-order valence-electron chi connectivity index (χ2n) is 7.25. The van der Waals surface area contributed by atoms with E-state index in [4.69, 9.17) is 4.74 Å². The van der Waals surface area contributed by atoms with Crippen molar-refractivity contribution in [2.45, 2.75) is 38.7 Å². The molecule has 0 spiro atoms. The molecule has 0 bridgehead atoms. The van der Waals surface area contributed by atoms with Gasteiger partial charge in [-0.3, -0.25) is 4.79 Å². The molecule has 0 unspecified atom stereocenters. The number of hydrogen-bond donors (Lipinski definition) is 2. The third-order valence-corrected chi connectivity index (χ3v) is 5.46. The van der Waals surface area contributed by atoms with Gasteiger partial charge in [0.1, 0.15) is 5.75 Å². The maximum atomic E-state index is 12.6. The number of rotatable bonds is 7. The first kappa shape index (κ1) is 22.2. The predicted molar refractivity (Wildman–Crippen MR) is 119 cm³/mol. The maximum absolute atomic E-state index is 12.6. The molecule has 1 amide bonds. The minimum Gasteiger partial charge on any atom is -0.491 e. The van der Waals surface area contributed by atoms with Crippen LogP contribution in [0.1, 0.15) is 35.6 Å². The first-order valence-corrected chi connectivity index (χ1v) is 11.1. The summed E-state index contributed by atoms with van der Waals surface area (Å²) in [7, 11) is -3.86. The van der Waals surface area contributed by atoms with E-state index in [-0.39, 0.29) is 22.9 Å². The van der Waals surface area contributed by atoms with Gasteiger partial charge in [-0.05, 0) is 82.3 Å². The molecule has 8 nitrogen and oxygen atoms in total. The minimum atomic E-state index is -3.86. The summed E-state index contributed by atoms with van der Waals surface area (Å²) in [5.41, 5.74) is 2.25. The van der Waals surface area contributed by atoms with Crippen molar-refractivity contribution in [3.05, 3.63) is 71.5 Å². The van der Waals surface area contributed by atoms with Crippen molar-refractivity contribution in [1.82, 2.24) is 9.97 Å². The maximum Gasteiger partial charge on any atom is 0.264 e. The van der Waals surface area contributed by atoms with Gasteiger partial charge in [0.2, 0.25) is 5.95 Å². The molecule has 3 aromatic rings. The Morgan fingerprint density at radius 3 is 2.06 bits per heavy atom. The van der Waals surface area contributed by atoms with Crippen LogP contribution < -0.4 is 14.8 Å². The summed E-state index contributed by atoms with van der Waals surface area (Å²) in [5.74, 6) is 0.384. The van der Waals surface area contributed by atoms with Crippen molar-refractivity contribution >= 4 is 27.6 Å². The van der Waals surface area contributed by atoms with Crippen LogP contribution >= 0.6 is 0 Å². The highest BCUT2D eigenvalue weighted by atomic mass is 32.2. The molecule has 0 saturated carbocycles. The number of hydrogen-bond acceptors (Lipinski definition) is 6. The van der Waals surface area contributed by atoms with E-state index in [0.717, 1.165) is 0 Å². The van der Waals surface area contributed by atoms with Crippen LogP contribution in [0, 0.1) is 13.8 Å². The van der Waals surface area contributed by atoms with Crippen LogP contribution in [0.15, 0.2) is 59.5 Å². The Kier molecular flexibility index (Phi) is 6.55. The highest BCUT2D eigenvalue weighted by Gasteiger charge is 2.16. The molecular formula is C22H24N4O4S. The van der Waals surface area contributed by atoms with Crippen LogP contribution in [0.4, 0.5) is 11.6 Å². The molecule has 0 aliphatic heterocycles. The van der Waals surface area contributed by atoms with Gasteiger partial charge in [-0.1, -0.05) is 0 Å². The lowest BCUT2D eigenvalue weighted by molar-refractivity contribution is 0.102. The molecule has 0 aliphatic carbocycles. The molecule has 162 valence electrons. The van der Waals surface area contributed by atoms with E-state index in [2.05, 4.69) is 20.0 Å². The third kappa shape index (κ3) is 6.02. The molecule has 0 fully saturated rings. The van der Waals surface area contributed by atoms with Gasteiger partial charge in [0.05, 0.1) is 11.0 Å². The number of nitrogens with zero attached hydrogens (tertiary/aromatic N) is 2. The molecule has 1 aromatic heterocycles. The van der Waals surface area contributed by atoms with Gasteiger partial charge in [-0.2, -0.15) is 0 Å². The number of aromatic nitrogens is 2. The minimum absolute atomic E-state index is 0.0137. The summed E-state index contributed by atoms with van der Waals surface area (Å²) >= 11 is 0. The van der Waals surface area contributed by atoms with Crippen molar-refractivity contribution in [2.75, 3.05) is 10.0 Å². The molecule has 0 radical (unpaired) electrons. The Morgan fingerprint density at radius 2 is 1.52 bits per heavy atom. The summed E-state index contributed by atoms with van der Waals surface area (Å²) in [6, 6.07) is 14.4. The van der Waals surface area contributed by atoms with Crippen LogP contribution in [0.25, 0.3) is 0 Å². The summed E-state index contributed by atoms with van der Waals surface area (Å²) in [4.78, 5) is 20.6. The standard InChI is InChI=1S/C22H24N4O4S/c1-14(2)30-19-9-5-17(6-10-19)21(27)25-18-7-11-20(12-8-18)31(28,29)26-22-23-15(3)13-16(4)24-22/h5-14H,1-4H3,(H,25,27)(H,23,24,26). The van der Waals surface area contributed by atoms with Crippen molar-refractivity contribution in [2.24, 2.45) is 0 Å². The van der Waals surface area contributed by atoms with E-state index in [9.17, 15) is 13.2 Å². The molecule has 0 saturated heterocycles. The fourth-order valence-electron chi connectivity index (χ4n) is 2.83. The molecule has 0 atom stereocenters. The summed E-state index contributed by atoms with van der Waals surface area (Å²) < 4.78 is 33.1. The monoisotopic (exact) mass is 440 g/mol. The lowest BCUT2D eigenvalue weighted by Crippen LogP contribution is -2.16.